The van der Waals surface area contributed by atoms with Gasteiger partial charge in [0, 0.05) is 13.1 Å². The van der Waals surface area contributed by atoms with Crippen molar-refractivity contribution in [2.45, 2.75) is 13.1 Å². The van der Waals surface area contributed by atoms with E-state index in [1.54, 1.807) is 27.4 Å². The van der Waals surface area contributed by atoms with E-state index in [1.165, 1.54) is 0 Å². The van der Waals surface area contributed by atoms with Gasteiger partial charge in [0.15, 0.2) is 11.5 Å². The van der Waals surface area contributed by atoms with Crippen LogP contribution in [0.25, 0.3) is 0 Å². The number of nitrogens with one attached hydrogen (secondary N) is 1. The van der Waals surface area contributed by atoms with Crippen LogP contribution in [0.15, 0.2) is 30.3 Å². The van der Waals surface area contributed by atoms with E-state index < -0.39 is 0 Å². The van der Waals surface area contributed by atoms with Gasteiger partial charge in [0.1, 0.15) is 0 Å². The molecule has 0 aliphatic carbocycles. The molecule has 1 N–H and O–H groups in total. The summed E-state index contributed by atoms with van der Waals surface area (Å²) in [6.07, 6.45) is 0. The van der Waals surface area contributed by atoms with Crippen molar-refractivity contribution in [1.82, 2.24) is 5.32 Å². The number of hydrogen-bond acceptors (Lipinski definition) is 4. The zero-order valence-electron chi connectivity index (χ0n) is 13.7. The lowest BCUT2D eigenvalue weighted by molar-refractivity contribution is 0.323. The maximum Gasteiger partial charge on any atom is 0.203 e. The molecule has 7 heteroatoms. The molecule has 24 heavy (non-hydrogen) atoms. The summed E-state index contributed by atoms with van der Waals surface area (Å²) in [5.41, 5.74) is 1.96. The highest BCUT2D eigenvalue weighted by molar-refractivity contribution is 6.42. The number of halogens is 3. The Morgan fingerprint density at radius 1 is 0.917 bits per heavy atom. The molecule has 0 aromatic heterocycles. The lowest BCUT2D eigenvalue weighted by atomic mass is 10.1. The first kappa shape index (κ1) is 20.7. The van der Waals surface area contributed by atoms with E-state index in [2.05, 4.69) is 5.32 Å². The molecule has 0 spiro atoms. The van der Waals surface area contributed by atoms with Gasteiger partial charge in [-0.25, -0.2) is 0 Å². The molecule has 132 valence electrons. The summed E-state index contributed by atoms with van der Waals surface area (Å²) >= 11 is 12.2. The van der Waals surface area contributed by atoms with Gasteiger partial charge in [0.05, 0.1) is 31.4 Å². The SMILES string of the molecule is COc1cc(CNCc2cccc(Cl)c2Cl)cc(OC)c1OC.Cl. The second-order valence-corrected chi connectivity index (χ2v) is 5.64. The first-order valence-corrected chi connectivity index (χ1v) is 7.78. The van der Waals surface area contributed by atoms with Crippen molar-refractivity contribution >= 4 is 35.6 Å². The average molecular weight is 393 g/mol. The lowest BCUT2D eigenvalue weighted by Gasteiger charge is -2.14. The molecule has 0 amide bonds. The molecule has 0 heterocycles. The summed E-state index contributed by atoms with van der Waals surface area (Å²) in [7, 11) is 4.78. The Morgan fingerprint density at radius 3 is 2.08 bits per heavy atom. The van der Waals surface area contributed by atoms with Crippen LogP contribution < -0.4 is 19.5 Å². The molecule has 0 saturated heterocycles. The molecule has 0 bridgehead atoms. The zero-order valence-corrected chi connectivity index (χ0v) is 16.0. The molecule has 0 unspecified atom stereocenters. The second-order valence-electron chi connectivity index (χ2n) is 4.85. The number of ether oxygens (including phenoxy) is 3. The van der Waals surface area contributed by atoms with Crippen LogP contribution in [0.1, 0.15) is 11.1 Å². The van der Waals surface area contributed by atoms with Crippen LogP contribution >= 0.6 is 35.6 Å². The number of methoxy groups -OCH3 is 3. The highest BCUT2D eigenvalue weighted by atomic mass is 35.5. The van der Waals surface area contributed by atoms with Crippen molar-refractivity contribution in [3.05, 3.63) is 51.5 Å². The normalized spacial score (nSPS) is 10.0. The van der Waals surface area contributed by atoms with Gasteiger partial charge in [-0.15, -0.1) is 12.4 Å². The van der Waals surface area contributed by atoms with E-state index in [-0.39, 0.29) is 12.4 Å². The Morgan fingerprint density at radius 2 is 1.54 bits per heavy atom. The fourth-order valence-electron chi connectivity index (χ4n) is 2.26. The number of rotatable bonds is 7. The van der Waals surface area contributed by atoms with E-state index in [0.29, 0.717) is 40.4 Å². The van der Waals surface area contributed by atoms with Crippen LogP contribution in [0.5, 0.6) is 17.2 Å². The quantitative estimate of drug-likeness (QED) is 0.739. The van der Waals surface area contributed by atoms with Crippen molar-refractivity contribution in [2.75, 3.05) is 21.3 Å². The molecule has 2 aromatic rings. The predicted molar refractivity (Wildman–Crippen MR) is 100 cm³/mol. The molecule has 4 nitrogen and oxygen atoms in total. The Kier molecular flexibility index (Phi) is 8.50. The highest BCUT2D eigenvalue weighted by Crippen LogP contribution is 2.38. The smallest absolute Gasteiger partial charge is 0.203 e. The van der Waals surface area contributed by atoms with Crippen molar-refractivity contribution in [3.63, 3.8) is 0 Å². The van der Waals surface area contributed by atoms with Crippen molar-refractivity contribution in [1.29, 1.82) is 0 Å². The second kappa shape index (κ2) is 9.84. The Hall–Kier alpha value is -1.33. The van der Waals surface area contributed by atoms with Gasteiger partial charge in [0.25, 0.3) is 0 Å². The van der Waals surface area contributed by atoms with Crippen molar-refractivity contribution in [3.8, 4) is 17.2 Å². The Bertz CT molecular complexity index is 655. The van der Waals surface area contributed by atoms with E-state index >= 15 is 0 Å². The number of hydrogen-bond donors (Lipinski definition) is 1. The third-order valence-electron chi connectivity index (χ3n) is 3.40. The molecule has 0 aliphatic rings. The van der Waals surface area contributed by atoms with E-state index in [1.807, 2.05) is 24.3 Å². The fourth-order valence-corrected chi connectivity index (χ4v) is 2.65. The van der Waals surface area contributed by atoms with E-state index in [0.717, 1.165) is 11.1 Å². The van der Waals surface area contributed by atoms with Crippen LogP contribution in [0.4, 0.5) is 0 Å². The average Bonchev–Trinajstić information content (AvgIpc) is 2.57. The highest BCUT2D eigenvalue weighted by Gasteiger charge is 2.13. The molecule has 0 radical (unpaired) electrons. The maximum atomic E-state index is 6.18. The monoisotopic (exact) mass is 391 g/mol. The van der Waals surface area contributed by atoms with Crippen LogP contribution in [0.3, 0.4) is 0 Å². The Labute approximate surface area is 158 Å². The third kappa shape index (κ3) is 4.84. The minimum absolute atomic E-state index is 0. The minimum Gasteiger partial charge on any atom is -0.493 e. The summed E-state index contributed by atoms with van der Waals surface area (Å²) < 4.78 is 16.0. The fraction of sp³-hybridized carbons (Fsp3) is 0.294. The van der Waals surface area contributed by atoms with Gasteiger partial charge in [0.2, 0.25) is 5.75 Å². The van der Waals surface area contributed by atoms with Gasteiger partial charge >= 0.3 is 0 Å². The van der Waals surface area contributed by atoms with Crippen molar-refractivity contribution in [2.24, 2.45) is 0 Å². The van der Waals surface area contributed by atoms with Crippen LogP contribution in [0, 0.1) is 0 Å². The van der Waals surface area contributed by atoms with Gasteiger partial charge in [-0.1, -0.05) is 35.3 Å². The molecular weight excluding hydrogens is 373 g/mol. The van der Waals surface area contributed by atoms with Crippen LogP contribution in [0.2, 0.25) is 10.0 Å². The minimum atomic E-state index is 0. The topological polar surface area (TPSA) is 39.7 Å². The third-order valence-corrected chi connectivity index (χ3v) is 4.26. The van der Waals surface area contributed by atoms with E-state index in [4.69, 9.17) is 37.4 Å². The number of benzene rings is 2. The summed E-state index contributed by atoms with van der Waals surface area (Å²) in [6.45, 7) is 1.23. The maximum absolute atomic E-state index is 6.18. The standard InChI is InChI=1S/C17H19Cl2NO3.ClH/c1-21-14-7-11(8-15(22-2)17(14)23-3)9-20-10-12-5-4-6-13(18)16(12)19;/h4-8,20H,9-10H2,1-3H3;1H. The molecule has 0 saturated carbocycles. The molecule has 0 fully saturated rings. The summed E-state index contributed by atoms with van der Waals surface area (Å²) in [6, 6.07) is 9.41. The van der Waals surface area contributed by atoms with Crippen LogP contribution in [-0.2, 0) is 13.1 Å². The first-order valence-electron chi connectivity index (χ1n) is 7.03. The van der Waals surface area contributed by atoms with Gasteiger partial charge in [-0.2, -0.15) is 0 Å². The largest absolute Gasteiger partial charge is 0.493 e. The first-order chi connectivity index (χ1) is 11.1. The summed E-state index contributed by atoms with van der Waals surface area (Å²) in [5, 5.41) is 4.46. The zero-order chi connectivity index (χ0) is 16.8. The molecular formula is C17H20Cl3NO3. The molecule has 2 rings (SSSR count). The van der Waals surface area contributed by atoms with Crippen molar-refractivity contribution < 1.29 is 14.2 Å². The van der Waals surface area contributed by atoms with E-state index in [9.17, 15) is 0 Å². The lowest BCUT2D eigenvalue weighted by Crippen LogP contribution is -2.13. The van der Waals surface area contributed by atoms with Gasteiger partial charge < -0.3 is 19.5 Å². The van der Waals surface area contributed by atoms with Crippen LogP contribution in [-0.4, -0.2) is 21.3 Å². The predicted octanol–water partition coefficient (Wildman–Crippen LogP) is 4.73. The molecule has 2 aromatic carbocycles. The Balaban J connectivity index is 0.00000288. The summed E-state index contributed by atoms with van der Waals surface area (Å²) in [4.78, 5) is 0. The molecule has 0 atom stereocenters. The van der Waals surface area contributed by atoms with Gasteiger partial charge in [-0.05, 0) is 29.3 Å². The van der Waals surface area contributed by atoms with Gasteiger partial charge in [-0.3, -0.25) is 0 Å². The summed E-state index contributed by atoms with van der Waals surface area (Å²) in [5.74, 6) is 1.84. The molecule has 0 aliphatic heterocycles.